The Labute approximate surface area is 200 Å². The van der Waals surface area contributed by atoms with Gasteiger partial charge in [0.2, 0.25) is 5.91 Å². The third-order valence-corrected chi connectivity index (χ3v) is 6.02. The summed E-state index contributed by atoms with van der Waals surface area (Å²) < 4.78 is 42.0. The number of halogens is 3. The Kier molecular flexibility index (Phi) is 10.1. The first-order valence-electron chi connectivity index (χ1n) is 11.6. The van der Waals surface area contributed by atoms with Crippen LogP contribution in [0.5, 0.6) is 0 Å². The smallest absolute Gasteiger partial charge is 0.471 e. The molecule has 0 aromatic carbocycles. The molecular weight excluding hydrogens is 475 g/mol. The van der Waals surface area contributed by atoms with Crippen LogP contribution < -0.4 is 16.0 Å². The van der Waals surface area contributed by atoms with Crippen LogP contribution in [-0.4, -0.2) is 77.0 Å². The molecule has 0 bridgehead atoms. The highest BCUT2D eigenvalue weighted by Crippen LogP contribution is 2.46. The summed E-state index contributed by atoms with van der Waals surface area (Å²) in [5.74, 6) is -4.98. The van der Waals surface area contributed by atoms with Crippen molar-refractivity contribution in [1.29, 1.82) is 0 Å². The second-order valence-electron chi connectivity index (χ2n) is 8.77. The van der Waals surface area contributed by atoms with E-state index in [4.69, 9.17) is 9.84 Å². The van der Waals surface area contributed by atoms with Gasteiger partial charge in [-0.25, -0.2) is 9.59 Å². The number of carboxylic acids is 1. The molecule has 5 atom stereocenters. The molecule has 0 aromatic heterocycles. The molecular formula is C22H32F3N3O7. The van der Waals surface area contributed by atoms with Crippen LogP contribution in [-0.2, 0) is 23.9 Å². The number of ether oxygens (including phenoxy) is 1. The Hall–Kier alpha value is -2.67. The molecule has 13 heteroatoms. The predicted octanol–water partition coefficient (Wildman–Crippen LogP) is 0.786. The van der Waals surface area contributed by atoms with Crippen LogP contribution in [0.3, 0.4) is 0 Å². The molecule has 0 aromatic rings. The number of aliphatic hydroxyl groups is 1. The number of alkyl halides is 3. The van der Waals surface area contributed by atoms with Crippen molar-refractivity contribution in [3.05, 3.63) is 12.2 Å². The monoisotopic (exact) mass is 507 g/mol. The van der Waals surface area contributed by atoms with Gasteiger partial charge in [-0.2, -0.15) is 13.2 Å². The van der Waals surface area contributed by atoms with Crippen LogP contribution in [0.25, 0.3) is 0 Å². The van der Waals surface area contributed by atoms with Crippen LogP contribution >= 0.6 is 0 Å². The van der Waals surface area contributed by atoms with Crippen molar-refractivity contribution >= 4 is 23.8 Å². The van der Waals surface area contributed by atoms with Gasteiger partial charge in [-0.05, 0) is 39.0 Å². The number of rotatable bonds is 13. The summed E-state index contributed by atoms with van der Waals surface area (Å²) in [6.07, 6.45) is 0.387. The summed E-state index contributed by atoms with van der Waals surface area (Å²) in [4.78, 5) is 47.0. The number of carbonyl (C=O) groups is 4. The number of carbonyl (C=O) groups excluding carboxylic acids is 3. The van der Waals surface area contributed by atoms with Crippen molar-refractivity contribution in [2.45, 2.75) is 81.8 Å². The Morgan fingerprint density at radius 2 is 1.94 bits per heavy atom. The lowest BCUT2D eigenvalue weighted by Crippen LogP contribution is -2.51. The standard InChI is InChI=1S/C22H32F3N3O7/c1-2-35-20(34)21(28-17(30)16-10-14(29)12-26-16)11-13(21)8-6-4-3-5-7-9-15(18(31)32)27-19(33)22(23,24)25/h6,8,13-16,26,29H,2-5,7,9-12H2,1H3,(H,27,33)(H,28,30)(H,31,32)/b8-6-/t13-,14-,15+,16?,21-/m1/s1. The number of aliphatic carboxylic acids is 1. The number of β-amino-alcohol motifs (C(OH)–C–C–N with tert-alkyl or cyclic N) is 1. The van der Waals surface area contributed by atoms with Crippen molar-refractivity contribution in [3.63, 3.8) is 0 Å². The number of carboxylic acid groups (broad SMARTS) is 1. The fraction of sp³-hybridized carbons (Fsp3) is 0.727. The van der Waals surface area contributed by atoms with Crippen LogP contribution in [0, 0.1) is 5.92 Å². The molecule has 0 radical (unpaired) electrons. The highest BCUT2D eigenvalue weighted by Gasteiger charge is 2.61. The van der Waals surface area contributed by atoms with E-state index in [1.807, 2.05) is 6.08 Å². The second-order valence-corrected chi connectivity index (χ2v) is 8.77. The van der Waals surface area contributed by atoms with Crippen molar-refractivity contribution in [2.75, 3.05) is 13.2 Å². The summed E-state index contributed by atoms with van der Waals surface area (Å²) in [5, 5.41) is 25.7. The minimum absolute atomic E-state index is 0.134. The molecule has 35 heavy (non-hydrogen) atoms. The number of nitrogens with one attached hydrogen (secondary N) is 3. The summed E-state index contributed by atoms with van der Waals surface area (Å²) in [6.45, 7) is 2.13. The SMILES string of the molecule is CCOC(=O)[C@@]1(NC(=O)C2C[C@@H](O)CN2)C[C@H]1/C=C\CCCCC[C@H](NC(=O)C(F)(F)F)C(=O)O. The minimum Gasteiger partial charge on any atom is -0.480 e. The number of hydrogen-bond acceptors (Lipinski definition) is 7. The summed E-state index contributed by atoms with van der Waals surface area (Å²) in [7, 11) is 0. The van der Waals surface area contributed by atoms with E-state index in [9.17, 15) is 37.5 Å². The van der Waals surface area contributed by atoms with Gasteiger partial charge in [0.15, 0.2) is 0 Å². The van der Waals surface area contributed by atoms with E-state index in [1.54, 1.807) is 13.0 Å². The lowest BCUT2D eigenvalue weighted by Gasteiger charge is -2.20. The third kappa shape index (κ3) is 8.20. The van der Waals surface area contributed by atoms with E-state index in [2.05, 4.69) is 10.6 Å². The normalized spacial score (nSPS) is 26.8. The quantitative estimate of drug-likeness (QED) is 0.139. The van der Waals surface area contributed by atoms with Gasteiger partial charge in [0.1, 0.15) is 11.6 Å². The molecule has 1 heterocycles. The number of esters is 1. The minimum atomic E-state index is -5.14. The van der Waals surface area contributed by atoms with E-state index in [-0.39, 0.29) is 31.3 Å². The highest BCUT2D eigenvalue weighted by molar-refractivity contribution is 5.93. The predicted molar refractivity (Wildman–Crippen MR) is 116 cm³/mol. The maximum Gasteiger partial charge on any atom is 0.471 e. The zero-order valence-electron chi connectivity index (χ0n) is 19.4. The van der Waals surface area contributed by atoms with Crippen molar-refractivity contribution in [3.8, 4) is 0 Å². The number of unbranched alkanes of at least 4 members (excludes halogenated alkanes) is 3. The van der Waals surface area contributed by atoms with Gasteiger partial charge in [-0.3, -0.25) is 9.59 Å². The molecule has 0 spiro atoms. The van der Waals surface area contributed by atoms with Gasteiger partial charge in [-0.1, -0.05) is 25.0 Å². The Morgan fingerprint density at radius 3 is 2.51 bits per heavy atom. The van der Waals surface area contributed by atoms with E-state index in [0.29, 0.717) is 38.6 Å². The van der Waals surface area contributed by atoms with Crippen LogP contribution in [0.1, 0.15) is 51.9 Å². The zero-order chi connectivity index (χ0) is 26.2. The summed E-state index contributed by atoms with van der Waals surface area (Å²) in [5.41, 5.74) is -1.15. The summed E-state index contributed by atoms with van der Waals surface area (Å²) in [6, 6.07) is -2.20. The third-order valence-electron chi connectivity index (χ3n) is 6.02. The maximum atomic E-state index is 12.5. The lowest BCUT2D eigenvalue weighted by atomic mass is 10.1. The van der Waals surface area contributed by atoms with Gasteiger partial charge in [0.25, 0.3) is 0 Å². The number of allylic oxidation sites excluding steroid dienone is 1. The van der Waals surface area contributed by atoms with E-state index in [0.717, 1.165) is 0 Å². The first-order valence-corrected chi connectivity index (χ1v) is 11.6. The number of aliphatic hydroxyl groups excluding tert-OH is 1. The Bertz CT molecular complexity index is 821. The molecule has 2 aliphatic rings. The topological polar surface area (TPSA) is 154 Å². The molecule has 2 rings (SSSR count). The zero-order valence-corrected chi connectivity index (χ0v) is 19.4. The first-order chi connectivity index (χ1) is 16.4. The summed E-state index contributed by atoms with van der Waals surface area (Å²) >= 11 is 0. The van der Waals surface area contributed by atoms with E-state index in [1.165, 1.54) is 5.32 Å². The second kappa shape index (κ2) is 12.3. The van der Waals surface area contributed by atoms with Gasteiger partial charge >= 0.3 is 24.0 Å². The first kappa shape index (κ1) is 28.6. The average Bonchev–Trinajstić information content (AvgIpc) is 3.28. The fourth-order valence-corrected chi connectivity index (χ4v) is 3.98. The molecule has 1 saturated carbocycles. The van der Waals surface area contributed by atoms with Gasteiger partial charge in [-0.15, -0.1) is 0 Å². The highest BCUT2D eigenvalue weighted by atomic mass is 19.4. The molecule has 198 valence electrons. The average molecular weight is 508 g/mol. The molecule has 2 fully saturated rings. The van der Waals surface area contributed by atoms with Crippen LogP contribution in [0.15, 0.2) is 12.2 Å². The lowest BCUT2D eigenvalue weighted by molar-refractivity contribution is -0.175. The molecule has 2 amide bonds. The largest absolute Gasteiger partial charge is 0.480 e. The maximum absolute atomic E-state index is 12.5. The van der Waals surface area contributed by atoms with Crippen LogP contribution in [0.2, 0.25) is 0 Å². The molecule has 1 aliphatic carbocycles. The van der Waals surface area contributed by atoms with Crippen molar-refractivity contribution < 1.29 is 47.3 Å². The van der Waals surface area contributed by atoms with E-state index < -0.39 is 47.7 Å². The van der Waals surface area contributed by atoms with Gasteiger partial charge < -0.3 is 30.9 Å². The number of hydrogen-bond donors (Lipinski definition) is 5. The Morgan fingerprint density at radius 1 is 1.23 bits per heavy atom. The van der Waals surface area contributed by atoms with Crippen molar-refractivity contribution in [1.82, 2.24) is 16.0 Å². The molecule has 5 N–H and O–H groups in total. The fourth-order valence-electron chi connectivity index (χ4n) is 3.98. The van der Waals surface area contributed by atoms with Crippen molar-refractivity contribution in [2.24, 2.45) is 5.92 Å². The molecule has 1 unspecified atom stereocenters. The molecule has 10 nitrogen and oxygen atoms in total. The van der Waals surface area contributed by atoms with Crippen LogP contribution in [0.4, 0.5) is 13.2 Å². The molecule has 1 aliphatic heterocycles. The van der Waals surface area contributed by atoms with Gasteiger partial charge in [0.05, 0.1) is 18.8 Å². The van der Waals surface area contributed by atoms with Gasteiger partial charge in [0, 0.05) is 12.5 Å². The number of amides is 2. The Balaban J connectivity index is 1.77. The molecule has 1 saturated heterocycles. The van der Waals surface area contributed by atoms with E-state index >= 15 is 0 Å².